The van der Waals surface area contributed by atoms with Crippen LogP contribution < -0.4 is 9.80 Å². The summed E-state index contributed by atoms with van der Waals surface area (Å²) in [6.07, 6.45) is 1.48. The van der Waals surface area contributed by atoms with Gasteiger partial charge in [-0.1, -0.05) is 12.1 Å². The second-order valence-corrected chi connectivity index (χ2v) is 6.89. The molecule has 0 unspecified atom stereocenters. The van der Waals surface area contributed by atoms with Crippen LogP contribution in [0.15, 0.2) is 36.4 Å². The molecule has 4 heteroatoms. The van der Waals surface area contributed by atoms with Gasteiger partial charge < -0.3 is 14.6 Å². The summed E-state index contributed by atoms with van der Waals surface area (Å²) in [7, 11) is 0. The summed E-state index contributed by atoms with van der Waals surface area (Å²) in [6.45, 7) is 2.84. The topological polar surface area (TPSA) is 23.6 Å². The van der Waals surface area contributed by atoms with Crippen LogP contribution in [0.1, 0.15) is 16.7 Å². The number of hydrogen-bond acceptors (Lipinski definition) is 3. The van der Waals surface area contributed by atoms with E-state index in [4.69, 9.17) is 0 Å². The second kappa shape index (κ2) is 5.02. The maximum absolute atomic E-state index is 10.7. The summed E-state index contributed by atoms with van der Waals surface area (Å²) >= 11 is 2.37. The van der Waals surface area contributed by atoms with E-state index in [1.807, 2.05) is 0 Å². The number of carbonyl (C=O) groups excluding carboxylic acids is 1. The van der Waals surface area contributed by atoms with Crippen LogP contribution >= 0.6 is 22.6 Å². The predicted molar refractivity (Wildman–Crippen MR) is 92.6 cm³/mol. The van der Waals surface area contributed by atoms with E-state index in [2.05, 4.69) is 68.8 Å². The lowest BCUT2D eigenvalue weighted by atomic mass is 9.99. The van der Waals surface area contributed by atoms with Gasteiger partial charge in [-0.3, -0.25) is 0 Å². The SMILES string of the molecule is O=CCc1ccc2c(c1)CN1CN2Cc2cc(I)ccc21. The number of fused-ring (bicyclic) bond motifs is 6. The number of halogens is 1. The molecule has 2 bridgehead atoms. The molecule has 0 saturated heterocycles. The van der Waals surface area contributed by atoms with Crippen molar-refractivity contribution in [3.8, 4) is 0 Å². The summed E-state index contributed by atoms with van der Waals surface area (Å²) in [5.74, 6) is 0. The Morgan fingerprint density at radius 2 is 1.67 bits per heavy atom. The third-order valence-electron chi connectivity index (χ3n) is 4.25. The van der Waals surface area contributed by atoms with Crippen LogP contribution in [0.2, 0.25) is 0 Å². The normalized spacial score (nSPS) is 15.5. The molecule has 3 nitrogen and oxygen atoms in total. The van der Waals surface area contributed by atoms with Gasteiger partial charge in [0.1, 0.15) is 6.29 Å². The zero-order valence-corrected chi connectivity index (χ0v) is 13.7. The first-order valence-electron chi connectivity index (χ1n) is 7.08. The monoisotopic (exact) mass is 390 g/mol. The summed E-state index contributed by atoms with van der Waals surface area (Å²) in [6, 6.07) is 13.1. The number of nitrogens with zero attached hydrogens (tertiary/aromatic N) is 2. The Morgan fingerprint density at radius 3 is 2.38 bits per heavy atom. The predicted octanol–water partition coefficient (Wildman–Crippen LogP) is 3.33. The van der Waals surface area contributed by atoms with E-state index < -0.39 is 0 Å². The number of rotatable bonds is 2. The van der Waals surface area contributed by atoms with Gasteiger partial charge in [-0.2, -0.15) is 0 Å². The zero-order valence-electron chi connectivity index (χ0n) is 11.6. The average molecular weight is 390 g/mol. The largest absolute Gasteiger partial charge is 0.349 e. The molecule has 2 aromatic rings. The molecule has 2 heterocycles. The van der Waals surface area contributed by atoms with Crippen LogP contribution in [0.3, 0.4) is 0 Å². The zero-order chi connectivity index (χ0) is 14.4. The Bertz CT molecular complexity index is 729. The van der Waals surface area contributed by atoms with E-state index in [1.165, 1.54) is 26.1 Å². The molecular formula is C17H15IN2O. The Kier molecular flexibility index (Phi) is 3.14. The second-order valence-electron chi connectivity index (χ2n) is 5.64. The van der Waals surface area contributed by atoms with Crippen molar-refractivity contribution in [2.45, 2.75) is 19.5 Å². The third-order valence-corrected chi connectivity index (χ3v) is 4.92. The van der Waals surface area contributed by atoms with Gasteiger partial charge in [0.15, 0.2) is 0 Å². The summed E-state index contributed by atoms with van der Waals surface area (Å²) in [5.41, 5.74) is 6.48. The summed E-state index contributed by atoms with van der Waals surface area (Å²) < 4.78 is 1.29. The highest BCUT2D eigenvalue weighted by Gasteiger charge is 2.29. The van der Waals surface area contributed by atoms with Crippen molar-refractivity contribution in [1.82, 2.24) is 0 Å². The fourth-order valence-corrected chi connectivity index (χ4v) is 3.88. The standard InChI is InChI=1S/C17H15IN2O/c18-15-2-4-17-14(8-15)10-20-11-19(17)9-13-7-12(5-6-21)1-3-16(13)20/h1-4,6-8H,5,9-11H2. The van der Waals surface area contributed by atoms with Crippen molar-refractivity contribution in [2.75, 3.05) is 16.5 Å². The molecule has 2 aromatic carbocycles. The average Bonchev–Trinajstić information content (AvgIpc) is 2.47. The molecule has 0 atom stereocenters. The Morgan fingerprint density at radius 1 is 1.00 bits per heavy atom. The van der Waals surface area contributed by atoms with Gasteiger partial charge >= 0.3 is 0 Å². The molecule has 0 aromatic heterocycles. The fraction of sp³-hybridized carbons (Fsp3) is 0.235. The Balaban J connectivity index is 1.76. The molecule has 2 aliphatic heterocycles. The Labute approximate surface area is 137 Å². The molecule has 0 radical (unpaired) electrons. The highest BCUT2D eigenvalue weighted by Crippen LogP contribution is 2.38. The molecule has 4 rings (SSSR count). The fourth-order valence-electron chi connectivity index (χ4n) is 3.33. The van der Waals surface area contributed by atoms with Gasteiger partial charge in [0, 0.05) is 34.5 Å². The van der Waals surface area contributed by atoms with Crippen LogP contribution in [0.25, 0.3) is 0 Å². The maximum atomic E-state index is 10.7. The van der Waals surface area contributed by atoms with Gasteiger partial charge in [-0.15, -0.1) is 0 Å². The summed E-state index contributed by atoms with van der Waals surface area (Å²) in [4.78, 5) is 15.5. The van der Waals surface area contributed by atoms with Crippen LogP contribution in [0.4, 0.5) is 11.4 Å². The smallest absolute Gasteiger partial charge is 0.124 e. The minimum absolute atomic E-state index is 0.502. The van der Waals surface area contributed by atoms with Gasteiger partial charge in [-0.05, 0) is 63.5 Å². The van der Waals surface area contributed by atoms with Crippen LogP contribution in [0.5, 0.6) is 0 Å². The van der Waals surface area contributed by atoms with E-state index >= 15 is 0 Å². The van der Waals surface area contributed by atoms with Crippen molar-refractivity contribution >= 4 is 40.3 Å². The van der Waals surface area contributed by atoms with Crippen LogP contribution in [-0.2, 0) is 24.3 Å². The van der Waals surface area contributed by atoms with Crippen LogP contribution in [-0.4, -0.2) is 13.0 Å². The number of aldehydes is 1. The molecule has 0 saturated carbocycles. The van der Waals surface area contributed by atoms with Crippen LogP contribution in [0, 0.1) is 3.57 Å². The molecule has 2 aliphatic rings. The van der Waals surface area contributed by atoms with Gasteiger partial charge in [0.2, 0.25) is 0 Å². The first kappa shape index (κ1) is 13.1. The van der Waals surface area contributed by atoms with E-state index in [-0.39, 0.29) is 0 Å². The van der Waals surface area contributed by atoms with E-state index in [0.717, 1.165) is 31.6 Å². The van der Waals surface area contributed by atoms with Crippen molar-refractivity contribution < 1.29 is 4.79 Å². The van der Waals surface area contributed by atoms with E-state index in [1.54, 1.807) is 0 Å². The maximum Gasteiger partial charge on any atom is 0.124 e. The molecule has 0 N–H and O–H groups in total. The molecular weight excluding hydrogens is 375 g/mol. The number of hydrogen-bond donors (Lipinski definition) is 0. The highest BCUT2D eigenvalue weighted by molar-refractivity contribution is 14.1. The van der Waals surface area contributed by atoms with E-state index in [9.17, 15) is 4.79 Å². The first-order valence-corrected chi connectivity index (χ1v) is 8.16. The quantitative estimate of drug-likeness (QED) is 0.581. The number of anilines is 2. The van der Waals surface area contributed by atoms with Crippen molar-refractivity contribution in [1.29, 1.82) is 0 Å². The lowest BCUT2D eigenvalue weighted by Gasteiger charge is -2.45. The van der Waals surface area contributed by atoms with Gasteiger partial charge in [0.25, 0.3) is 0 Å². The molecule has 0 aliphatic carbocycles. The lowest BCUT2D eigenvalue weighted by Crippen LogP contribution is -2.46. The molecule has 106 valence electrons. The van der Waals surface area contributed by atoms with Crippen molar-refractivity contribution in [2.24, 2.45) is 0 Å². The molecule has 0 fully saturated rings. The third kappa shape index (κ3) is 2.21. The number of carbonyl (C=O) groups is 1. The van der Waals surface area contributed by atoms with Crippen molar-refractivity contribution in [3.05, 3.63) is 56.7 Å². The van der Waals surface area contributed by atoms with E-state index in [0.29, 0.717) is 6.42 Å². The minimum atomic E-state index is 0.502. The number of benzene rings is 2. The molecule has 0 amide bonds. The van der Waals surface area contributed by atoms with Gasteiger partial charge in [0.05, 0.1) is 6.67 Å². The minimum Gasteiger partial charge on any atom is -0.349 e. The molecule has 0 spiro atoms. The summed E-state index contributed by atoms with van der Waals surface area (Å²) in [5, 5.41) is 0. The first-order chi connectivity index (χ1) is 10.2. The lowest BCUT2D eigenvalue weighted by molar-refractivity contribution is -0.107. The highest BCUT2D eigenvalue weighted by atomic mass is 127. The Hall–Kier alpha value is -1.56. The van der Waals surface area contributed by atoms with Gasteiger partial charge in [-0.25, -0.2) is 0 Å². The molecule has 21 heavy (non-hydrogen) atoms. The van der Waals surface area contributed by atoms with Crippen molar-refractivity contribution in [3.63, 3.8) is 0 Å².